The second-order valence-electron chi connectivity index (χ2n) is 2.28. The van der Waals surface area contributed by atoms with Crippen molar-refractivity contribution in [3.8, 4) is 0 Å². The van der Waals surface area contributed by atoms with E-state index >= 15 is 0 Å². The second-order valence-corrected chi connectivity index (χ2v) is 3.06. The molecular weight excluding hydrogens is 161 g/mol. The van der Waals surface area contributed by atoms with Crippen LogP contribution in [0, 0.1) is 0 Å². The molecule has 0 fully saturated rings. The summed E-state index contributed by atoms with van der Waals surface area (Å²) in [5.41, 5.74) is 7.07. The van der Waals surface area contributed by atoms with Crippen LogP contribution in [-0.2, 0) is 6.42 Å². The molecule has 0 atom stereocenters. The van der Waals surface area contributed by atoms with E-state index in [2.05, 4.69) is 0 Å². The maximum atomic E-state index is 12.0. The van der Waals surface area contributed by atoms with Gasteiger partial charge in [-0.2, -0.15) is 11.3 Å². The quantitative estimate of drug-likeness (QED) is 0.740. The summed E-state index contributed by atoms with van der Waals surface area (Å²) >= 11 is 1.61. The summed E-state index contributed by atoms with van der Waals surface area (Å²) in [6.07, 6.45) is 1.23. The van der Waals surface area contributed by atoms with Gasteiger partial charge in [-0.25, -0.2) is 4.39 Å². The highest BCUT2D eigenvalue weighted by atomic mass is 32.1. The largest absolute Gasteiger partial charge is 0.327 e. The third-order valence-corrected chi connectivity index (χ3v) is 2.16. The summed E-state index contributed by atoms with van der Waals surface area (Å²) in [7, 11) is 0. The van der Waals surface area contributed by atoms with Gasteiger partial charge < -0.3 is 5.73 Å². The molecule has 0 aromatic carbocycles. The van der Waals surface area contributed by atoms with Crippen LogP contribution in [0.5, 0.6) is 0 Å². The van der Waals surface area contributed by atoms with Gasteiger partial charge in [0.25, 0.3) is 0 Å². The molecule has 11 heavy (non-hydrogen) atoms. The van der Waals surface area contributed by atoms with Gasteiger partial charge in [0.1, 0.15) is 0 Å². The minimum absolute atomic E-state index is 0.298. The predicted octanol–water partition coefficient (Wildman–Crippen LogP) is 2.10. The Morgan fingerprint density at radius 1 is 1.73 bits per heavy atom. The number of hydrogen-bond donors (Lipinski definition) is 1. The summed E-state index contributed by atoms with van der Waals surface area (Å²) in [4.78, 5) is 0. The van der Waals surface area contributed by atoms with Gasteiger partial charge in [0.15, 0.2) is 0 Å². The van der Waals surface area contributed by atoms with Gasteiger partial charge >= 0.3 is 0 Å². The molecule has 0 saturated carbocycles. The molecule has 0 unspecified atom stereocenters. The number of rotatable bonds is 3. The van der Waals surface area contributed by atoms with Crippen LogP contribution in [0.1, 0.15) is 5.56 Å². The Balaban J connectivity index is 2.55. The zero-order chi connectivity index (χ0) is 8.10. The highest BCUT2D eigenvalue weighted by molar-refractivity contribution is 7.07. The lowest BCUT2D eigenvalue weighted by atomic mass is 10.1. The van der Waals surface area contributed by atoms with Gasteiger partial charge in [0, 0.05) is 6.54 Å². The SMILES string of the molecule is NC/C(=C/F)Cc1ccsc1. The Hall–Kier alpha value is -0.670. The zero-order valence-corrected chi connectivity index (χ0v) is 6.90. The second kappa shape index (κ2) is 4.26. The van der Waals surface area contributed by atoms with Crippen molar-refractivity contribution >= 4 is 11.3 Å². The topological polar surface area (TPSA) is 26.0 Å². The van der Waals surface area contributed by atoms with E-state index in [0.717, 1.165) is 5.56 Å². The third kappa shape index (κ3) is 2.44. The van der Waals surface area contributed by atoms with Crippen LogP contribution < -0.4 is 5.73 Å². The van der Waals surface area contributed by atoms with Crippen molar-refractivity contribution in [2.24, 2.45) is 5.73 Å². The molecule has 0 bridgehead atoms. The molecule has 1 aromatic heterocycles. The maximum Gasteiger partial charge on any atom is 0.0875 e. The van der Waals surface area contributed by atoms with E-state index in [1.54, 1.807) is 11.3 Å². The Labute approximate surface area is 69.3 Å². The molecule has 2 N–H and O–H groups in total. The van der Waals surface area contributed by atoms with E-state index in [4.69, 9.17) is 5.73 Å². The molecule has 0 spiro atoms. The fraction of sp³-hybridized carbons (Fsp3) is 0.250. The Bertz CT molecular complexity index is 228. The van der Waals surface area contributed by atoms with Gasteiger partial charge in [0.05, 0.1) is 6.33 Å². The lowest BCUT2D eigenvalue weighted by Gasteiger charge is -1.98. The van der Waals surface area contributed by atoms with Crippen LogP contribution in [0.25, 0.3) is 0 Å². The molecular formula is C8H10FNS. The lowest BCUT2D eigenvalue weighted by Crippen LogP contribution is -2.04. The van der Waals surface area contributed by atoms with E-state index in [-0.39, 0.29) is 0 Å². The fourth-order valence-corrected chi connectivity index (χ4v) is 1.48. The van der Waals surface area contributed by atoms with Crippen molar-refractivity contribution in [1.82, 2.24) is 0 Å². The van der Waals surface area contributed by atoms with Crippen molar-refractivity contribution in [2.75, 3.05) is 6.54 Å². The Morgan fingerprint density at radius 3 is 3.00 bits per heavy atom. The van der Waals surface area contributed by atoms with Crippen LogP contribution in [0.4, 0.5) is 4.39 Å². The van der Waals surface area contributed by atoms with E-state index in [1.165, 1.54) is 0 Å². The van der Waals surface area contributed by atoms with Crippen LogP contribution in [-0.4, -0.2) is 6.54 Å². The van der Waals surface area contributed by atoms with Crippen molar-refractivity contribution in [2.45, 2.75) is 6.42 Å². The van der Waals surface area contributed by atoms with Crippen molar-refractivity contribution in [3.63, 3.8) is 0 Å². The zero-order valence-electron chi connectivity index (χ0n) is 6.09. The molecule has 0 aliphatic rings. The molecule has 1 aromatic rings. The number of nitrogens with two attached hydrogens (primary N) is 1. The highest BCUT2D eigenvalue weighted by Crippen LogP contribution is 2.10. The maximum absolute atomic E-state index is 12.0. The van der Waals surface area contributed by atoms with Crippen LogP contribution in [0.3, 0.4) is 0 Å². The molecule has 0 amide bonds. The number of halogens is 1. The van der Waals surface area contributed by atoms with Gasteiger partial charge in [0.2, 0.25) is 0 Å². The van der Waals surface area contributed by atoms with Gasteiger partial charge in [-0.15, -0.1) is 0 Å². The summed E-state index contributed by atoms with van der Waals surface area (Å²) in [6, 6.07) is 1.98. The molecule has 1 heterocycles. The molecule has 0 aliphatic carbocycles. The van der Waals surface area contributed by atoms with Crippen molar-refractivity contribution < 1.29 is 4.39 Å². The average Bonchev–Trinajstić information content (AvgIpc) is 2.52. The highest BCUT2D eigenvalue weighted by Gasteiger charge is 1.97. The smallest absolute Gasteiger partial charge is 0.0875 e. The lowest BCUT2D eigenvalue weighted by molar-refractivity contribution is 0.700. The standard InChI is InChI=1S/C8H10FNS/c9-4-8(5-10)3-7-1-2-11-6-7/h1-2,4,6H,3,5,10H2/b8-4+. The summed E-state index contributed by atoms with van der Waals surface area (Å²) in [5, 5.41) is 3.97. The minimum atomic E-state index is 0.298. The molecule has 0 aliphatic heterocycles. The summed E-state index contributed by atoms with van der Waals surface area (Å²) < 4.78 is 12.0. The van der Waals surface area contributed by atoms with Crippen molar-refractivity contribution in [3.05, 3.63) is 34.3 Å². The molecule has 60 valence electrons. The number of thiophene rings is 1. The van der Waals surface area contributed by atoms with E-state index in [9.17, 15) is 4.39 Å². The predicted molar refractivity (Wildman–Crippen MR) is 46.3 cm³/mol. The molecule has 1 nitrogen and oxygen atoms in total. The first-order valence-electron chi connectivity index (χ1n) is 3.36. The number of hydrogen-bond acceptors (Lipinski definition) is 2. The normalized spacial score (nSPS) is 12.0. The van der Waals surface area contributed by atoms with Gasteiger partial charge in [-0.05, 0) is 34.4 Å². The third-order valence-electron chi connectivity index (χ3n) is 1.43. The van der Waals surface area contributed by atoms with E-state index in [0.29, 0.717) is 24.9 Å². The Morgan fingerprint density at radius 2 is 2.55 bits per heavy atom. The van der Waals surface area contributed by atoms with Gasteiger partial charge in [-0.1, -0.05) is 0 Å². The Kier molecular flexibility index (Phi) is 3.26. The van der Waals surface area contributed by atoms with Gasteiger partial charge in [-0.3, -0.25) is 0 Å². The molecule has 3 heteroatoms. The summed E-state index contributed by atoms with van der Waals surface area (Å²) in [5.74, 6) is 0. The molecule has 0 saturated heterocycles. The molecule has 1 rings (SSSR count). The first kappa shape index (κ1) is 8.43. The van der Waals surface area contributed by atoms with Crippen LogP contribution >= 0.6 is 11.3 Å². The van der Waals surface area contributed by atoms with Crippen LogP contribution in [0.15, 0.2) is 28.7 Å². The molecule has 0 radical (unpaired) electrons. The van der Waals surface area contributed by atoms with E-state index in [1.807, 2.05) is 16.8 Å². The average molecular weight is 171 g/mol. The monoisotopic (exact) mass is 171 g/mol. The van der Waals surface area contributed by atoms with Crippen LogP contribution in [0.2, 0.25) is 0 Å². The van der Waals surface area contributed by atoms with E-state index < -0.39 is 0 Å². The summed E-state index contributed by atoms with van der Waals surface area (Å²) in [6.45, 7) is 0.298. The van der Waals surface area contributed by atoms with Crippen molar-refractivity contribution in [1.29, 1.82) is 0 Å². The first-order chi connectivity index (χ1) is 5.36. The first-order valence-corrected chi connectivity index (χ1v) is 4.30. The minimum Gasteiger partial charge on any atom is -0.327 e. The fourth-order valence-electron chi connectivity index (χ4n) is 0.811.